The van der Waals surface area contributed by atoms with Crippen LogP contribution in [0.1, 0.15) is 26.2 Å². The molecule has 1 aliphatic heterocycles. The van der Waals surface area contributed by atoms with Gasteiger partial charge in [-0.05, 0) is 45.0 Å². The van der Waals surface area contributed by atoms with Crippen LogP contribution in [0.2, 0.25) is 0 Å². The van der Waals surface area contributed by atoms with E-state index in [1.54, 1.807) is 0 Å². The Kier molecular flexibility index (Phi) is 8.95. The van der Waals surface area contributed by atoms with Crippen molar-refractivity contribution in [3.8, 4) is 11.5 Å². The van der Waals surface area contributed by atoms with Crippen LogP contribution < -0.4 is 9.47 Å². The summed E-state index contributed by atoms with van der Waals surface area (Å²) in [7, 11) is 0. The zero-order valence-corrected chi connectivity index (χ0v) is 13.6. The minimum Gasteiger partial charge on any atom is -0.490 e. The standard InChI is InChI=1S/C17H25NO2.ClH/c1-2-19-16-10-4-5-11-17(16)20-15-9-8-14-18-12-6-3-7-13-18;/h4-5,8-11H,2-3,6-7,12-15H2,1H3;1H/b9-8+;. The largest absolute Gasteiger partial charge is 0.490 e. The van der Waals surface area contributed by atoms with E-state index in [-0.39, 0.29) is 12.4 Å². The molecule has 2 rings (SSSR count). The number of benzene rings is 1. The first-order chi connectivity index (χ1) is 9.90. The van der Waals surface area contributed by atoms with Crippen LogP contribution in [-0.4, -0.2) is 37.7 Å². The first-order valence-electron chi connectivity index (χ1n) is 7.62. The van der Waals surface area contributed by atoms with Gasteiger partial charge in [-0.1, -0.05) is 30.7 Å². The average molecular weight is 312 g/mol. The van der Waals surface area contributed by atoms with Gasteiger partial charge < -0.3 is 9.47 Å². The van der Waals surface area contributed by atoms with Crippen LogP contribution in [0.25, 0.3) is 0 Å². The Labute approximate surface area is 134 Å². The second-order valence-corrected chi connectivity index (χ2v) is 5.02. The summed E-state index contributed by atoms with van der Waals surface area (Å²) in [6.07, 6.45) is 8.36. The number of nitrogens with zero attached hydrogens (tertiary/aromatic N) is 1. The Morgan fingerprint density at radius 1 is 1.00 bits per heavy atom. The highest BCUT2D eigenvalue weighted by Crippen LogP contribution is 2.26. The van der Waals surface area contributed by atoms with Crippen LogP contribution in [0.15, 0.2) is 36.4 Å². The van der Waals surface area contributed by atoms with E-state index in [0.717, 1.165) is 18.0 Å². The third-order valence-electron chi connectivity index (χ3n) is 3.46. The summed E-state index contributed by atoms with van der Waals surface area (Å²) in [6.45, 7) is 6.74. The minimum absolute atomic E-state index is 0. The molecule has 0 amide bonds. The molecule has 1 aromatic rings. The van der Waals surface area contributed by atoms with E-state index in [1.165, 1.54) is 32.4 Å². The lowest BCUT2D eigenvalue weighted by molar-refractivity contribution is 0.250. The van der Waals surface area contributed by atoms with Gasteiger partial charge in [0.1, 0.15) is 6.61 Å². The maximum absolute atomic E-state index is 5.75. The Morgan fingerprint density at radius 2 is 1.67 bits per heavy atom. The molecule has 3 nitrogen and oxygen atoms in total. The van der Waals surface area contributed by atoms with Crippen LogP contribution in [0.4, 0.5) is 0 Å². The third-order valence-corrected chi connectivity index (χ3v) is 3.46. The number of ether oxygens (including phenoxy) is 2. The van der Waals surface area contributed by atoms with Crippen molar-refractivity contribution in [1.29, 1.82) is 0 Å². The molecule has 0 aromatic heterocycles. The molecule has 1 aliphatic rings. The first kappa shape index (κ1) is 17.9. The predicted molar refractivity (Wildman–Crippen MR) is 89.8 cm³/mol. The molecule has 1 aromatic carbocycles. The van der Waals surface area contributed by atoms with Gasteiger partial charge in [0.05, 0.1) is 6.61 Å². The van der Waals surface area contributed by atoms with E-state index in [0.29, 0.717) is 13.2 Å². The van der Waals surface area contributed by atoms with E-state index in [2.05, 4.69) is 17.1 Å². The van der Waals surface area contributed by atoms with Crippen LogP contribution in [0, 0.1) is 0 Å². The normalized spacial score (nSPS) is 15.7. The van der Waals surface area contributed by atoms with Crippen molar-refractivity contribution in [2.24, 2.45) is 0 Å². The number of hydrogen-bond donors (Lipinski definition) is 0. The molecule has 4 heteroatoms. The fourth-order valence-corrected chi connectivity index (χ4v) is 2.42. The topological polar surface area (TPSA) is 21.7 Å². The zero-order chi connectivity index (χ0) is 14.0. The number of para-hydroxylation sites is 2. The van der Waals surface area contributed by atoms with Gasteiger partial charge in [0, 0.05) is 6.54 Å². The van der Waals surface area contributed by atoms with Gasteiger partial charge in [0.25, 0.3) is 0 Å². The summed E-state index contributed by atoms with van der Waals surface area (Å²) >= 11 is 0. The zero-order valence-electron chi connectivity index (χ0n) is 12.8. The molecule has 118 valence electrons. The minimum atomic E-state index is 0. The Balaban J connectivity index is 0.00000220. The molecule has 1 saturated heterocycles. The molecule has 21 heavy (non-hydrogen) atoms. The lowest BCUT2D eigenvalue weighted by Crippen LogP contribution is -2.29. The third kappa shape index (κ3) is 6.40. The quantitative estimate of drug-likeness (QED) is 0.712. The van der Waals surface area contributed by atoms with Gasteiger partial charge in [-0.2, -0.15) is 0 Å². The fraction of sp³-hybridized carbons (Fsp3) is 0.529. The van der Waals surface area contributed by atoms with E-state index in [4.69, 9.17) is 9.47 Å². The van der Waals surface area contributed by atoms with Crippen molar-refractivity contribution in [3.05, 3.63) is 36.4 Å². The average Bonchev–Trinajstić information content (AvgIpc) is 2.50. The van der Waals surface area contributed by atoms with Crippen molar-refractivity contribution >= 4 is 12.4 Å². The Hall–Kier alpha value is -1.19. The summed E-state index contributed by atoms with van der Waals surface area (Å²) in [5.74, 6) is 1.64. The van der Waals surface area contributed by atoms with Gasteiger partial charge in [0.15, 0.2) is 11.5 Å². The highest BCUT2D eigenvalue weighted by Gasteiger charge is 2.07. The van der Waals surface area contributed by atoms with Crippen LogP contribution >= 0.6 is 12.4 Å². The maximum Gasteiger partial charge on any atom is 0.161 e. The summed E-state index contributed by atoms with van der Waals surface area (Å²) < 4.78 is 11.3. The number of piperidine rings is 1. The maximum atomic E-state index is 5.75. The van der Waals surface area contributed by atoms with Gasteiger partial charge in [-0.15, -0.1) is 12.4 Å². The summed E-state index contributed by atoms with van der Waals surface area (Å²) in [5, 5.41) is 0. The van der Waals surface area contributed by atoms with Crippen LogP contribution in [0.3, 0.4) is 0 Å². The molecule has 0 radical (unpaired) electrons. The predicted octanol–water partition coefficient (Wildman–Crippen LogP) is 3.93. The number of likely N-dealkylation sites (tertiary alicyclic amines) is 1. The number of halogens is 1. The lowest BCUT2D eigenvalue weighted by atomic mass is 10.1. The Morgan fingerprint density at radius 3 is 2.33 bits per heavy atom. The molecule has 0 atom stereocenters. The molecule has 0 N–H and O–H groups in total. The van der Waals surface area contributed by atoms with Crippen LogP contribution in [0.5, 0.6) is 11.5 Å². The highest BCUT2D eigenvalue weighted by atomic mass is 35.5. The first-order valence-corrected chi connectivity index (χ1v) is 7.62. The van der Waals surface area contributed by atoms with Gasteiger partial charge in [-0.25, -0.2) is 0 Å². The molecule has 0 spiro atoms. The number of rotatable bonds is 7. The molecule has 0 bridgehead atoms. The van der Waals surface area contributed by atoms with Crippen molar-refractivity contribution in [1.82, 2.24) is 4.90 Å². The summed E-state index contributed by atoms with van der Waals surface area (Å²) in [5.41, 5.74) is 0. The van der Waals surface area contributed by atoms with E-state index in [9.17, 15) is 0 Å². The molecule has 0 unspecified atom stereocenters. The van der Waals surface area contributed by atoms with Crippen molar-refractivity contribution in [2.75, 3.05) is 32.8 Å². The van der Waals surface area contributed by atoms with Crippen molar-refractivity contribution in [3.63, 3.8) is 0 Å². The molecular formula is C17H26ClNO2. The molecule has 0 aliphatic carbocycles. The van der Waals surface area contributed by atoms with E-state index < -0.39 is 0 Å². The lowest BCUT2D eigenvalue weighted by Gasteiger charge is -2.24. The molecule has 1 fully saturated rings. The second-order valence-electron chi connectivity index (χ2n) is 5.02. The molecule has 0 saturated carbocycles. The van der Waals surface area contributed by atoms with E-state index >= 15 is 0 Å². The Bertz CT molecular complexity index is 417. The van der Waals surface area contributed by atoms with Gasteiger partial charge >= 0.3 is 0 Å². The number of hydrogen-bond acceptors (Lipinski definition) is 3. The SMILES string of the molecule is CCOc1ccccc1OC/C=C/CN1CCCCC1.Cl. The van der Waals surface area contributed by atoms with Crippen LogP contribution in [-0.2, 0) is 0 Å². The van der Waals surface area contributed by atoms with E-state index in [1.807, 2.05) is 31.2 Å². The van der Waals surface area contributed by atoms with Gasteiger partial charge in [0.2, 0.25) is 0 Å². The second kappa shape index (κ2) is 10.5. The van der Waals surface area contributed by atoms with Crippen molar-refractivity contribution in [2.45, 2.75) is 26.2 Å². The molecule has 1 heterocycles. The summed E-state index contributed by atoms with van der Waals surface area (Å²) in [6, 6.07) is 7.82. The summed E-state index contributed by atoms with van der Waals surface area (Å²) in [4.78, 5) is 2.49. The molecular weight excluding hydrogens is 286 g/mol. The smallest absolute Gasteiger partial charge is 0.161 e. The fourth-order valence-electron chi connectivity index (χ4n) is 2.42. The van der Waals surface area contributed by atoms with Crippen molar-refractivity contribution < 1.29 is 9.47 Å². The highest BCUT2D eigenvalue weighted by molar-refractivity contribution is 5.85. The van der Waals surface area contributed by atoms with Gasteiger partial charge in [-0.3, -0.25) is 4.90 Å². The monoisotopic (exact) mass is 311 g/mol.